The first-order chi connectivity index (χ1) is 14.7. The lowest BCUT2D eigenvalue weighted by Gasteiger charge is -2.03. The van der Waals surface area contributed by atoms with Crippen LogP contribution in [0.5, 0.6) is 0 Å². The Labute approximate surface area is 177 Å². The van der Waals surface area contributed by atoms with E-state index in [4.69, 9.17) is 0 Å². The minimum Gasteiger partial charge on any atom is -0.468 e. The van der Waals surface area contributed by atoms with Gasteiger partial charge in [-0.25, -0.2) is 8.42 Å². The molecule has 9 nitrogen and oxygen atoms in total. The highest BCUT2D eigenvalue weighted by Gasteiger charge is 2.10. The Morgan fingerprint density at radius 1 is 1.10 bits per heavy atom. The molecule has 2 aromatic heterocycles. The van der Waals surface area contributed by atoms with E-state index < -0.39 is 16.0 Å². The van der Waals surface area contributed by atoms with Crippen molar-refractivity contribution in [3.63, 3.8) is 0 Å². The Balaban J connectivity index is 1.84. The lowest BCUT2D eigenvalue weighted by Crippen LogP contribution is -2.11. The van der Waals surface area contributed by atoms with Gasteiger partial charge in [0.25, 0.3) is 0 Å². The van der Waals surface area contributed by atoms with Crippen LogP contribution < -0.4 is 10.2 Å². The predicted octanol–water partition coefficient (Wildman–Crippen LogP) is 2.16. The zero-order valence-corrected chi connectivity index (χ0v) is 17.5. The molecule has 0 radical (unpaired) electrons. The molecular formula is C21H18N4O5S. The van der Waals surface area contributed by atoms with Gasteiger partial charge >= 0.3 is 5.97 Å². The maximum absolute atomic E-state index is 13.3. The van der Waals surface area contributed by atoms with Crippen LogP contribution in [-0.4, -0.2) is 42.5 Å². The molecule has 158 valence electrons. The molecule has 2 heterocycles. The molecule has 0 aliphatic rings. The molecule has 0 saturated carbocycles. The number of fused-ring (bicyclic) bond motifs is 2. The fourth-order valence-electron chi connectivity index (χ4n) is 3.23. The zero-order valence-electron chi connectivity index (χ0n) is 16.7. The van der Waals surface area contributed by atoms with Crippen LogP contribution in [-0.2, 0) is 26.1 Å². The van der Waals surface area contributed by atoms with Crippen LogP contribution in [0.1, 0.15) is 0 Å². The van der Waals surface area contributed by atoms with Crippen LogP contribution in [0.4, 0.5) is 5.69 Å². The first kappa shape index (κ1) is 20.5. The van der Waals surface area contributed by atoms with Crippen LogP contribution in [0.2, 0.25) is 0 Å². The second-order valence-corrected chi connectivity index (χ2v) is 8.75. The van der Waals surface area contributed by atoms with E-state index in [0.717, 1.165) is 6.26 Å². The van der Waals surface area contributed by atoms with Crippen molar-refractivity contribution in [2.24, 2.45) is 0 Å². The molecule has 2 aromatic carbocycles. The number of esters is 1. The summed E-state index contributed by atoms with van der Waals surface area (Å²) in [6.45, 7) is -0.0278. The summed E-state index contributed by atoms with van der Waals surface area (Å²) >= 11 is 0. The normalized spacial score (nSPS) is 11.5. The van der Waals surface area contributed by atoms with E-state index in [1.807, 2.05) is 0 Å². The van der Waals surface area contributed by atoms with Gasteiger partial charge in [0.15, 0.2) is 5.43 Å². The Kier molecular flexibility index (Phi) is 5.15. The molecule has 0 aliphatic heterocycles. The average molecular weight is 438 g/mol. The third kappa shape index (κ3) is 4.38. The van der Waals surface area contributed by atoms with Crippen LogP contribution in [0.3, 0.4) is 0 Å². The number of rotatable bonds is 5. The largest absolute Gasteiger partial charge is 0.468 e. The molecule has 1 N–H and O–H groups in total. The second kappa shape index (κ2) is 7.80. The summed E-state index contributed by atoms with van der Waals surface area (Å²) in [6, 6.07) is 10.0. The summed E-state index contributed by atoms with van der Waals surface area (Å²) in [7, 11) is -2.17. The minimum atomic E-state index is -3.48. The third-order valence-corrected chi connectivity index (χ3v) is 5.28. The molecule has 0 saturated heterocycles. The Bertz CT molecular complexity index is 1500. The highest BCUT2D eigenvalue weighted by atomic mass is 32.2. The van der Waals surface area contributed by atoms with Crippen molar-refractivity contribution >= 4 is 43.4 Å². The van der Waals surface area contributed by atoms with Crippen molar-refractivity contribution in [1.82, 2.24) is 14.8 Å². The van der Waals surface area contributed by atoms with E-state index >= 15 is 0 Å². The smallest absolute Gasteiger partial charge is 0.327 e. The van der Waals surface area contributed by atoms with Gasteiger partial charge in [-0.15, -0.1) is 0 Å². The zero-order chi connectivity index (χ0) is 22.2. The fourth-order valence-corrected chi connectivity index (χ4v) is 3.79. The topological polar surface area (TPSA) is 120 Å². The number of sulfonamides is 1. The monoisotopic (exact) mass is 438 g/mol. The van der Waals surface area contributed by atoms with Crippen molar-refractivity contribution in [1.29, 1.82) is 0 Å². The first-order valence-corrected chi connectivity index (χ1v) is 11.1. The Hall–Kier alpha value is -3.79. The van der Waals surface area contributed by atoms with E-state index in [1.54, 1.807) is 48.9 Å². The summed E-state index contributed by atoms with van der Waals surface area (Å²) in [4.78, 5) is 29.1. The number of hydrogen-bond donors (Lipinski definition) is 1. The maximum Gasteiger partial charge on any atom is 0.327 e. The summed E-state index contributed by atoms with van der Waals surface area (Å²) in [5, 5.41) is 5.54. The van der Waals surface area contributed by atoms with Gasteiger partial charge in [-0.3, -0.25) is 24.0 Å². The standard InChI is InChI=1S/C21H18N4O5S/c1-30-20(26)12-25-11-15(10-23-25)14-7-18-19(22-9-14)6-4-13-3-5-16(24-31(2,28)29)8-17(13)21(18)27/h3-11,24H,12H2,1-2H3. The summed E-state index contributed by atoms with van der Waals surface area (Å²) in [5.74, 6) is -0.426. The van der Waals surface area contributed by atoms with Crippen LogP contribution >= 0.6 is 0 Å². The van der Waals surface area contributed by atoms with Crippen molar-refractivity contribution < 1.29 is 17.9 Å². The van der Waals surface area contributed by atoms with Crippen molar-refractivity contribution in [2.45, 2.75) is 6.54 Å². The SMILES string of the molecule is COC(=O)Cn1cc(-c2cnc3ccc4ccc(NS(C)(=O)=O)cc4c(=O)c3c2)cn1. The molecule has 0 fully saturated rings. The van der Waals surface area contributed by atoms with Gasteiger partial charge in [0.2, 0.25) is 10.0 Å². The average Bonchev–Trinajstić information content (AvgIpc) is 3.14. The molecule has 0 bridgehead atoms. The van der Waals surface area contributed by atoms with Crippen LogP contribution in [0.15, 0.2) is 59.8 Å². The van der Waals surface area contributed by atoms with Gasteiger partial charge in [-0.2, -0.15) is 5.10 Å². The van der Waals surface area contributed by atoms with Crippen molar-refractivity contribution in [3.8, 4) is 11.1 Å². The maximum atomic E-state index is 13.3. The van der Waals surface area contributed by atoms with E-state index in [-0.39, 0.29) is 12.0 Å². The number of nitrogens with one attached hydrogen (secondary N) is 1. The second-order valence-electron chi connectivity index (χ2n) is 7.00. The van der Waals surface area contributed by atoms with Gasteiger partial charge in [0.05, 0.1) is 25.1 Å². The van der Waals surface area contributed by atoms with Gasteiger partial charge in [-0.05, 0) is 29.7 Å². The number of nitrogens with zero attached hydrogens (tertiary/aromatic N) is 3. The van der Waals surface area contributed by atoms with E-state index in [2.05, 4.69) is 19.5 Å². The number of benzene rings is 1. The van der Waals surface area contributed by atoms with E-state index in [9.17, 15) is 18.0 Å². The molecule has 0 spiro atoms. The molecular weight excluding hydrogens is 420 g/mol. The molecule has 4 aromatic rings. The molecule has 0 amide bonds. The number of ether oxygens (including phenoxy) is 1. The molecule has 10 heteroatoms. The quantitative estimate of drug-likeness (QED) is 0.474. The summed E-state index contributed by atoms with van der Waals surface area (Å²) in [5.41, 5.74) is 1.88. The number of pyridine rings is 1. The van der Waals surface area contributed by atoms with Crippen LogP contribution in [0.25, 0.3) is 32.8 Å². The van der Waals surface area contributed by atoms with E-state index in [1.165, 1.54) is 17.9 Å². The molecule has 31 heavy (non-hydrogen) atoms. The molecule has 0 aliphatic carbocycles. The number of carbonyl (C=O) groups excluding carboxylic acids is 1. The lowest BCUT2D eigenvalue weighted by atomic mass is 10.1. The number of methoxy groups -OCH3 is 1. The van der Waals surface area contributed by atoms with Gasteiger partial charge in [-0.1, -0.05) is 12.1 Å². The van der Waals surface area contributed by atoms with Gasteiger partial charge in [0, 0.05) is 40.0 Å². The highest BCUT2D eigenvalue weighted by Crippen LogP contribution is 2.23. The summed E-state index contributed by atoms with van der Waals surface area (Å²) in [6.07, 6.45) is 5.92. The van der Waals surface area contributed by atoms with Crippen molar-refractivity contribution in [3.05, 3.63) is 65.2 Å². The number of hydrogen-bond acceptors (Lipinski definition) is 7. The Morgan fingerprint density at radius 3 is 2.61 bits per heavy atom. The van der Waals surface area contributed by atoms with Crippen LogP contribution in [0, 0.1) is 0 Å². The predicted molar refractivity (Wildman–Crippen MR) is 117 cm³/mol. The lowest BCUT2D eigenvalue weighted by molar-refractivity contribution is -0.141. The first-order valence-electron chi connectivity index (χ1n) is 9.18. The van der Waals surface area contributed by atoms with Gasteiger partial charge in [0.1, 0.15) is 6.54 Å². The minimum absolute atomic E-state index is 0.0278. The number of anilines is 1. The van der Waals surface area contributed by atoms with Crippen molar-refractivity contribution in [2.75, 3.05) is 18.1 Å². The van der Waals surface area contributed by atoms with Gasteiger partial charge < -0.3 is 4.74 Å². The number of carbonyl (C=O) groups is 1. The molecule has 0 unspecified atom stereocenters. The third-order valence-electron chi connectivity index (χ3n) is 4.67. The summed E-state index contributed by atoms with van der Waals surface area (Å²) < 4.78 is 31.6. The highest BCUT2D eigenvalue weighted by molar-refractivity contribution is 7.92. The molecule has 4 rings (SSSR count). The van der Waals surface area contributed by atoms with E-state index in [0.29, 0.717) is 38.5 Å². The fraction of sp³-hybridized carbons (Fsp3) is 0.143. The molecule has 0 atom stereocenters. The Morgan fingerprint density at radius 2 is 1.87 bits per heavy atom. The number of aromatic nitrogens is 3.